The van der Waals surface area contributed by atoms with Crippen molar-refractivity contribution in [3.05, 3.63) is 70.5 Å². The molecule has 1 N–H and O–H groups in total. The molecule has 0 spiro atoms. The molecule has 33 heavy (non-hydrogen) atoms. The zero-order chi connectivity index (χ0) is 23.5. The van der Waals surface area contributed by atoms with E-state index in [2.05, 4.69) is 15.5 Å². The number of hydrogen-bond donors (Lipinski definition) is 1. The number of carbonyl (C=O) groups excluding carboxylic acids is 2. The zero-order valence-electron chi connectivity index (χ0n) is 19.5. The number of benzene rings is 2. The summed E-state index contributed by atoms with van der Waals surface area (Å²) in [5, 5.41) is 12.3. The van der Waals surface area contributed by atoms with Crippen LogP contribution in [0.1, 0.15) is 51.8 Å². The highest BCUT2D eigenvalue weighted by molar-refractivity contribution is 7.99. The van der Waals surface area contributed by atoms with Gasteiger partial charge in [-0.2, -0.15) is 0 Å². The molecular formula is C25H29N5O2S. The molecule has 0 saturated carbocycles. The van der Waals surface area contributed by atoms with E-state index in [4.69, 9.17) is 0 Å². The van der Waals surface area contributed by atoms with Gasteiger partial charge in [-0.15, -0.1) is 10.2 Å². The van der Waals surface area contributed by atoms with Crippen LogP contribution in [0.4, 0.5) is 5.69 Å². The lowest BCUT2D eigenvalue weighted by molar-refractivity contribution is -0.113. The molecule has 1 aromatic heterocycles. The van der Waals surface area contributed by atoms with Crippen molar-refractivity contribution in [3.63, 3.8) is 0 Å². The van der Waals surface area contributed by atoms with E-state index in [-0.39, 0.29) is 23.6 Å². The van der Waals surface area contributed by atoms with Crippen LogP contribution in [0.2, 0.25) is 0 Å². The molecule has 1 unspecified atom stereocenters. The van der Waals surface area contributed by atoms with Gasteiger partial charge in [0, 0.05) is 24.8 Å². The molecule has 2 amide bonds. The van der Waals surface area contributed by atoms with Crippen LogP contribution >= 0.6 is 11.8 Å². The second-order valence-corrected chi connectivity index (χ2v) is 9.45. The number of likely N-dealkylation sites (tertiary alicyclic amines) is 1. The number of carbonyl (C=O) groups is 2. The Morgan fingerprint density at radius 1 is 1.12 bits per heavy atom. The minimum atomic E-state index is -0.117. The van der Waals surface area contributed by atoms with Gasteiger partial charge in [0.2, 0.25) is 5.91 Å². The fraction of sp³-hybridized carbons (Fsp3) is 0.360. The lowest BCUT2D eigenvalue weighted by Crippen LogP contribution is -2.32. The van der Waals surface area contributed by atoms with Gasteiger partial charge in [-0.1, -0.05) is 41.6 Å². The number of amides is 2. The van der Waals surface area contributed by atoms with Crippen LogP contribution in [-0.2, 0) is 11.8 Å². The molecular weight excluding hydrogens is 434 g/mol. The summed E-state index contributed by atoms with van der Waals surface area (Å²) in [4.78, 5) is 27.5. The smallest absolute Gasteiger partial charge is 0.254 e. The molecule has 1 aliphatic rings. The third kappa shape index (κ3) is 4.95. The normalized spacial score (nSPS) is 15.6. The summed E-state index contributed by atoms with van der Waals surface area (Å²) < 4.78 is 1.91. The molecule has 172 valence electrons. The maximum atomic E-state index is 13.2. The Kier molecular flexibility index (Phi) is 6.83. The first-order valence-corrected chi connectivity index (χ1v) is 12.1. The summed E-state index contributed by atoms with van der Waals surface area (Å²) in [5.74, 6) is 0.920. The van der Waals surface area contributed by atoms with Crippen LogP contribution in [0.5, 0.6) is 0 Å². The van der Waals surface area contributed by atoms with Gasteiger partial charge < -0.3 is 14.8 Å². The Bertz CT molecular complexity index is 1190. The van der Waals surface area contributed by atoms with Crippen LogP contribution < -0.4 is 5.32 Å². The summed E-state index contributed by atoms with van der Waals surface area (Å²) in [6, 6.07) is 13.4. The topological polar surface area (TPSA) is 80.1 Å². The number of nitrogens with one attached hydrogen (secondary N) is 1. The maximum absolute atomic E-state index is 13.2. The van der Waals surface area contributed by atoms with Gasteiger partial charge in [0.1, 0.15) is 0 Å². The molecule has 4 rings (SSSR count). The Balaban J connectivity index is 1.43. The quantitative estimate of drug-likeness (QED) is 0.547. The zero-order valence-corrected chi connectivity index (χ0v) is 20.3. The minimum absolute atomic E-state index is 0.0197. The van der Waals surface area contributed by atoms with Crippen molar-refractivity contribution >= 4 is 29.3 Å². The summed E-state index contributed by atoms with van der Waals surface area (Å²) >= 11 is 1.35. The van der Waals surface area contributed by atoms with Crippen molar-refractivity contribution in [1.82, 2.24) is 19.7 Å². The molecule has 0 bridgehead atoms. The highest BCUT2D eigenvalue weighted by atomic mass is 32.2. The van der Waals surface area contributed by atoms with Crippen LogP contribution in [0.25, 0.3) is 0 Å². The minimum Gasteiger partial charge on any atom is -0.328 e. The molecule has 1 fully saturated rings. The van der Waals surface area contributed by atoms with Crippen molar-refractivity contribution in [3.8, 4) is 0 Å². The Labute approximate surface area is 198 Å². The largest absolute Gasteiger partial charge is 0.328 e. The average molecular weight is 464 g/mol. The third-order valence-electron chi connectivity index (χ3n) is 6.16. The second kappa shape index (κ2) is 9.79. The average Bonchev–Trinajstić information content (AvgIpc) is 3.41. The number of rotatable bonds is 6. The van der Waals surface area contributed by atoms with E-state index in [1.54, 1.807) is 0 Å². The highest BCUT2D eigenvalue weighted by Crippen LogP contribution is 2.33. The second-order valence-electron chi connectivity index (χ2n) is 8.51. The van der Waals surface area contributed by atoms with E-state index < -0.39 is 0 Å². The summed E-state index contributed by atoms with van der Waals surface area (Å²) in [6.45, 7) is 6.71. The predicted molar refractivity (Wildman–Crippen MR) is 130 cm³/mol. The Morgan fingerprint density at radius 3 is 2.70 bits per heavy atom. The molecule has 1 saturated heterocycles. The van der Waals surface area contributed by atoms with Gasteiger partial charge in [-0.05, 0) is 62.9 Å². The Hall–Kier alpha value is -3.13. The monoisotopic (exact) mass is 463 g/mol. The number of anilines is 1. The molecule has 0 radical (unpaired) electrons. The molecule has 1 atom stereocenters. The first-order chi connectivity index (χ1) is 15.8. The number of aryl methyl sites for hydroxylation is 2. The molecule has 8 heteroatoms. The van der Waals surface area contributed by atoms with E-state index in [0.717, 1.165) is 41.0 Å². The molecule has 3 aromatic rings. The maximum Gasteiger partial charge on any atom is 0.254 e. The van der Waals surface area contributed by atoms with E-state index in [1.165, 1.54) is 11.8 Å². The van der Waals surface area contributed by atoms with Crippen molar-refractivity contribution in [2.24, 2.45) is 7.05 Å². The number of thioether (sulfide) groups is 1. The van der Waals surface area contributed by atoms with Crippen LogP contribution in [0.15, 0.2) is 47.6 Å². The molecule has 7 nitrogen and oxygen atoms in total. The molecule has 2 heterocycles. The van der Waals surface area contributed by atoms with Crippen LogP contribution in [0.3, 0.4) is 0 Å². The van der Waals surface area contributed by atoms with E-state index in [9.17, 15) is 9.59 Å². The van der Waals surface area contributed by atoms with Crippen molar-refractivity contribution in [2.75, 3.05) is 17.6 Å². The summed E-state index contributed by atoms with van der Waals surface area (Å²) in [5.41, 5.74) is 4.79. The lowest BCUT2D eigenvalue weighted by Gasteiger charge is -2.24. The van der Waals surface area contributed by atoms with Crippen molar-refractivity contribution in [2.45, 2.75) is 44.8 Å². The van der Waals surface area contributed by atoms with Crippen molar-refractivity contribution in [1.29, 1.82) is 0 Å². The first-order valence-electron chi connectivity index (χ1n) is 11.1. The molecule has 1 aliphatic heterocycles. The predicted octanol–water partition coefficient (Wildman–Crippen LogP) is 4.45. The van der Waals surface area contributed by atoms with Gasteiger partial charge in [-0.3, -0.25) is 9.59 Å². The fourth-order valence-electron chi connectivity index (χ4n) is 4.17. The Morgan fingerprint density at radius 2 is 1.91 bits per heavy atom. The fourth-order valence-corrected chi connectivity index (χ4v) is 4.89. The van der Waals surface area contributed by atoms with Gasteiger partial charge >= 0.3 is 0 Å². The lowest BCUT2D eigenvalue weighted by atomic mass is 10.1. The van der Waals surface area contributed by atoms with Crippen molar-refractivity contribution < 1.29 is 9.59 Å². The first kappa shape index (κ1) is 23.0. The third-order valence-corrected chi connectivity index (χ3v) is 7.18. The number of hydrogen-bond acceptors (Lipinski definition) is 5. The van der Waals surface area contributed by atoms with Crippen LogP contribution in [0, 0.1) is 20.8 Å². The van der Waals surface area contributed by atoms with E-state index in [0.29, 0.717) is 17.3 Å². The molecule has 2 aromatic carbocycles. The van der Waals surface area contributed by atoms with Crippen LogP contribution in [-0.4, -0.2) is 43.8 Å². The SMILES string of the molecule is Cc1cccc(C(=O)N2CCCC2c2nnc(SCC(=O)Nc3cccc(C)c3C)n2C)c1. The van der Waals surface area contributed by atoms with Gasteiger partial charge in [-0.25, -0.2) is 0 Å². The number of nitrogens with zero attached hydrogens (tertiary/aromatic N) is 4. The van der Waals surface area contributed by atoms with Gasteiger partial charge in [0.05, 0.1) is 11.8 Å². The van der Waals surface area contributed by atoms with Gasteiger partial charge in [0.15, 0.2) is 11.0 Å². The number of aromatic nitrogens is 3. The highest BCUT2D eigenvalue weighted by Gasteiger charge is 2.34. The van der Waals surface area contributed by atoms with E-state index >= 15 is 0 Å². The van der Waals surface area contributed by atoms with E-state index in [1.807, 2.05) is 79.8 Å². The summed E-state index contributed by atoms with van der Waals surface area (Å²) in [7, 11) is 1.90. The standard InChI is InChI=1S/C25H29N5O2S/c1-16-8-5-10-19(14-16)24(32)30-13-7-12-21(30)23-27-28-25(29(23)4)33-15-22(31)26-20-11-6-9-17(2)18(20)3/h5-6,8-11,14,21H,7,12-13,15H2,1-4H3,(H,26,31). The molecule has 0 aliphatic carbocycles. The summed E-state index contributed by atoms with van der Waals surface area (Å²) in [6.07, 6.45) is 1.77. The van der Waals surface area contributed by atoms with Gasteiger partial charge in [0.25, 0.3) is 5.91 Å².